The number of unbranched alkanes of at least 4 members (excludes halogenated alkanes) is 3. The normalized spacial score (nSPS) is 11.1. The molecule has 0 heterocycles. The smallest absolute Gasteiger partial charge is 0.407 e. The second-order valence-corrected chi connectivity index (χ2v) is 5.37. The maximum atomic E-state index is 11.8. The first-order valence-electron chi connectivity index (χ1n) is 8.17. The van der Waals surface area contributed by atoms with E-state index in [9.17, 15) is 14.4 Å². The van der Waals surface area contributed by atoms with Crippen LogP contribution >= 0.6 is 0 Å². The maximum absolute atomic E-state index is 11.8. The van der Waals surface area contributed by atoms with Gasteiger partial charge in [0.15, 0.2) is 6.10 Å². The Balaban J connectivity index is 4.26. The summed E-state index contributed by atoms with van der Waals surface area (Å²) in [6.45, 7) is 8.82. The molecule has 25 heavy (non-hydrogen) atoms. The summed E-state index contributed by atoms with van der Waals surface area (Å²) in [4.78, 5) is 34.3. The third-order valence-corrected chi connectivity index (χ3v) is 3.00. The van der Waals surface area contributed by atoms with Crippen molar-refractivity contribution in [2.45, 2.75) is 38.7 Å². The van der Waals surface area contributed by atoms with E-state index in [1.165, 1.54) is 6.92 Å². The van der Waals surface area contributed by atoms with Crippen molar-refractivity contribution in [2.75, 3.05) is 26.3 Å². The number of carbonyl (C=O) groups excluding carboxylic acids is 3. The van der Waals surface area contributed by atoms with E-state index in [4.69, 9.17) is 19.9 Å². The summed E-state index contributed by atoms with van der Waals surface area (Å²) < 4.78 is 14.9. The van der Waals surface area contributed by atoms with Crippen molar-refractivity contribution in [3.63, 3.8) is 0 Å². The van der Waals surface area contributed by atoms with Crippen molar-refractivity contribution in [1.29, 1.82) is 0 Å². The molecule has 0 aliphatic heterocycles. The average Bonchev–Trinajstić information content (AvgIpc) is 2.59. The molecule has 0 saturated carbocycles. The average molecular weight is 356 g/mol. The van der Waals surface area contributed by atoms with Gasteiger partial charge in [-0.3, -0.25) is 0 Å². The van der Waals surface area contributed by atoms with E-state index in [-0.39, 0.29) is 18.8 Å². The second-order valence-electron chi connectivity index (χ2n) is 5.37. The van der Waals surface area contributed by atoms with Gasteiger partial charge in [-0.1, -0.05) is 26.0 Å². The molecule has 3 N–H and O–H groups in total. The summed E-state index contributed by atoms with van der Waals surface area (Å²) in [5, 5.41) is 2.59. The fourth-order valence-electron chi connectivity index (χ4n) is 1.65. The largest absolute Gasteiger partial charge is 0.458 e. The molecule has 1 atom stereocenters. The highest BCUT2D eigenvalue weighted by molar-refractivity contribution is 5.87. The molecule has 0 aromatic rings. The number of hydrogen-bond acceptors (Lipinski definition) is 7. The molecule has 0 spiro atoms. The lowest BCUT2D eigenvalue weighted by Crippen LogP contribution is -2.35. The van der Waals surface area contributed by atoms with E-state index in [1.807, 2.05) is 0 Å². The molecule has 0 aromatic heterocycles. The van der Waals surface area contributed by atoms with Gasteiger partial charge in [0.2, 0.25) is 0 Å². The van der Waals surface area contributed by atoms with Crippen LogP contribution in [0.25, 0.3) is 0 Å². The Kier molecular flexibility index (Phi) is 12.7. The van der Waals surface area contributed by atoms with Gasteiger partial charge in [0, 0.05) is 18.2 Å². The third kappa shape index (κ3) is 12.7. The minimum atomic E-state index is -0.926. The molecule has 0 bridgehead atoms. The Labute approximate surface area is 148 Å². The molecule has 1 unspecified atom stereocenters. The standard InChI is InChI=1S/C17H28N2O6/c1-4-15(20)23-11-14(12-24-16(21)13(2)3)25-17(22)19-10-8-6-5-7-9-18/h4,14H,1-2,5-12,18H2,3H3,(H,19,22). The predicted octanol–water partition coefficient (Wildman–Crippen LogP) is 1.45. The van der Waals surface area contributed by atoms with Crippen molar-refractivity contribution >= 4 is 18.0 Å². The molecule has 8 nitrogen and oxygen atoms in total. The number of carbonyl (C=O) groups is 3. The molecule has 0 saturated heterocycles. The number of nitrogens with one attached hydrogen (secondary N) is 1. The highest BCUT2D eigenvalue weighted by Crippen LogP contribution is 2.01. The summed E-state index contributed by atoms with van der Waals surface area (Å²) in [6.07, 6.45) is 3.09. The number of esters is 2. The molecule has 142 valence electrons. The van der Waals surface area contributed by atoms with Crippen LogP contribution in [0.1, 0.15) is 32.6 Å². The number of hydrogen-bond donors (Lipinski definition) is 2. The topological polar surface area (TPSA) is 117 Å². The molecule has 1 amide bonds. The van der Waals surface area contributed by atoms with Crippen molar-refractivity contribution in [3.05, 3.63) is 24.8 Å². The van der Waals surface area contributed by atoms with E-state index in [1.54, 1.807) is 0 Å². The number of ether oxygens (including phenoxy) is 3. The van der Waals surface area contributed by atoms with Crippen LogP contribution in [-0.4, -0.2) is 50.4 Å². The molecule has 0 rings (SSSR count). The molecule has 0 radical (unpaired) electrons. The van der Waals surface area contributed by atoms with Gasteiger partial charge < -0.3 is 25.3 Å². The van der Waals surface area contributed by atoms with E-state index < -0.39 is 24.1 Å². The minimum absolute atomic E-state index is 0.212. The molecule has 0 fully saturated rings. The van der Waals surface area contributed by atoms with E-state index >= 15 is 0 Å². The first kappa shape index (κ1) is 22.6. The van der Waals surface area contributed by atoms with Gasteiger partial charge in [0.1, 0.15) is 13.2 Å². The van der Waals surface area contributed by atoms with Gasteiger partial charge in [-0.2, -0.15) is 0 Å². The quantitative estimate of drug-likeness (QED) is 0.222. The molecule has 0 aliphatic rings. The number of alkyl carbamates (subject to hydrolysis) is 1. The van der Waals surface area contributed by atoms with Crippen LogP contribution in [-0.2, 0) is 23.8 Å². The van der Waals surface area contributed by atoms with Crippen molar-refractivity contribution in [3.8, 4) is 0 Å². The van der Waals surface area contributed by atoms with E-state index in [0.29, 0.717) is 13.1 Å². The SMILES string of the molecule is C=CC(=O)OCC(COC(=O)C(=C)C)OC(=O)NCCCCCCN. The van der Waals surface area contributed by atoms with Gasteiger partial charge in [0.25, 0.3) is 0 Å². The summed E-state index contributed by atoms with van der Waals surface area (Å²) >= 11 is 0. The zero-order chi connectivity index (χ0) is 19.1. The lowest BCUT2D eigenvalue weighted by atomic mass is 10.2. The molecule has 0 aromatic carbocycles. The Bertz CT molecular complexity index is 464. The molecular weight excluding hydrogens is 328 g/mol. The highest BCUT2D eigenvalue weighted by Gasteiger charge is 2.19. The van der Waals surface area contributed by atoms with Crippen LogP contribution in [0.5, 0.6) is 0 Å². The second kappa shape index (κ2) is 14.0. The highest BCUT2D eigenvalue weighted by atomic mass is 16.6. The summed E-state index contributed by atoms with van der Waals surface area (Å²) in [5.74, 6) is -1.29. The van der Waals surface area contributed by atoms with Gasteiger partial charge in [-0.05, 0) is 26.3 Å². The Morgan fingerprint density at radius 1 is 1.12 bits per heavy atom. The summed E-state index contributed by atoms with van der Waals surface area (Å²) in [5.41, 5.74) is 5.61. The van der Waals surface area contributed by atoms with Crippen molar-refractivity contribution < 1.29 is 28.6 Å². The lowest BCUT2D eigenvalue weighted by Gasteiger charge is -2.18. The minimum Gasteiger partial charge on any atom is -0.458 e. The Hall–Kier alpha value is -2.35. The molecular formula is C17H28N2O6. The first-order chi connectivity index (χ1) is 11.9. The maximum Gasteiger partial charge on any atom is 0.407 e. The molecule has 0 aliphatic carbocycles. The van der Waals surface area contributed by atoms with Crippen molar-refractivity contribution in [2.24, 2.45) is 5.73 Å². The van der Waals surface area contributed by atoms with E-state index in [0.717, 1.165) is 31.8 Å². The van der Waals surface area contributed by atoms with Crippen LogP contribution in [0, 0.1) is 0 Å². The van der Waals surface area contributed by atoms with Gasteiger partial charge in [-0.15, -0.1) is 0 Å². The van der Waals surface area contributed by atoms with Crippen LogP contribution < -0.4 is 11.1 Å². The Morgan fingerprint density at radius 3 is 2.36 bits per heavy atom. The molecule has 8 heteroatoms. The van der Waals surface area contributed by atoms with Crippen molar-refractivity contribution in [1.82, 2.24) is 5.32 Å². The van der Waals surface area contributed by atoms with Crippen LogP contribution in [0.2, 0.25) is 0 Å². The summed E-state index contributed by atoms with van der Waals surface area (Å²) in [6, 6.07) is 0. The first-order valence-corrected chi connectivity index (χ1v) is 8.17. The number of rotatable bonds is 13. The Morgan fingerprint density at radius 2 is 1.76 bits per heavy atom. The zero-order valence-corrected chi connectivity index (χ0v) is 14.8. The zero-order valence-electron chi connectivity index (χ0n) is 14.8. The summed E-state index contributed by atoms with van der Waals surface area (Å²) in [7, 11) is 0. The van der Waals surface area contributed by atoms with Gasteiger partial charge in [-0.25, -0.2) is 14.4 Å². The predicted molar refractivity (Wildman–Crippen MR) is 92.7 cm³/mol. The van der Waals surface area contributed by atoms with Crippen LogP contribution in [0.4, 0.5) is 4.79 Å². The third-order valence-electron chi connectivity index (χ3n) is 3.00. The van der Waals surface area contributed by atoms with Gasteiger partial charge >= 0.3 is 18.0 Å². The number of nitrogens with two attached hydrogens (primary N) is 1. The van der Waals surface area contributed by atoms with Gasteiger partial charge in [0.05, 0.1) is 0 Å². The van der Waals surface area contributed by atoms with E-state index in [2.05, 4.69) is 18.5 Å². The monoisotopic (exact) mass is 356 g/mol. The fourth-order valence-corrected chi connectivity index (χ4v) is 1.65. The lowest BCUT2D eigenvalue weighted by molar-refractivity contribution is -0.147. The van der Waals surface area contributed by atoms with Crippen LogP contribution in [0.15, 0.2) is 24.8 Å². The van der Waals surface area contributed by atoms with Crippen LogP contribution in [0.3, 0.4) is 0 Å². The number of amides is 1. The fraction of sp³-hybridized carbons (Fsp3) is 0.588.